The molecule has 2 aliphatic heterocycles. The number of rotatable bonds is 10. The van der Waals surface area contributed by atoms with Gasteiger partial charge in [0.1, 0.15) is 0 Å². The quantitative estimate of drug-likeness (QED) is 0.183. The molecule has 1 saturated heterocycles. The highest BCUT2D eigenvalue weighted by Crippen LogP contribution is 2.41. The summed E-state index contributed by atoms with van der Waals surface area (Å²) in [6, 6.07) is 14.8. The molecular weight excluding hydrogens is 556 g/mol. The maximum Gasteiger partial charge on any atom is 0.258 e. The van der Waals surface area contributed by atoms with Crippen LogP contribution in [0.2, 0.25) is 0 Å². The minimum absolute atomic E-state index is 0.0404. The summed E-state index contributed by atoms with van der Waals surface area (Å²) in [4.78, 5) is 28.7. The number of nitrogens with zero attached hydrogens (tertiary/aromatic N) is 3. The molecule has 1 atom stereocenters. The highest BCUT2D eigenvalue weighted by molar-refractivity contribution is 7.96. The average molecular weight is 587 g/mol. The SMILES string of the molecule is COCCCN1C(=O)c2cccc3c(NC(=O)C4CCCN(S(=O)(=O)c5ccc(SN(O)O)cc5)C4)ccc1c23. The van der Waals surface area contributed by atoms with Gasteiger partial charge >= 0.3 is 0 Å². The van der Waals surface area contributed by atoms with Gasteiger partial charge in [0, 0.05) is 72.2 Å². The lowest BCUT2D eigenvalue weighted by Gasteiger charge is -2.31. The fraction of sp³-hybridized carbons (Fsp3) is 0.333. The van der Waals surface area contributed by atoms with Crippen molar-refractivity contribution in [3.63, 3.8) is 0 Å². The molecule has 0 radical (unpaired) electrons. The second-order valence-corrected chi connectivity index (χ2v) is 12.6. The van der Waals surface area contributed by atoms with Crippen LogP contribution in [0, 0.1) is 5.92 Å². The lowest BCUT2D eigenvalue weighted by atomic mass is 9.98. The Hall–Kier alpha value is -3.04. The second-order valence-electron chi connectivity index (χ2n) is 9.67. The van der Waals surface area contributed by atoms with Gasteiger partial charge in [-0.15, -0.1) is 0 Å². The number of carbonyl (C=O) groups excluding carboxylic acids is 2. The summed E-state index contributed by atoms with van der Waals surface area (Å²) in [6.45, 7) is 1.41. The summed E-state index contributed by atoms with van der Waals surface area (Å²) in [6.07, 6.45) is 1.78. The van der Waals surface area contributed by atoms with E-state index in [0.717, 1.165) is 16.5 Å². The van der Waals surface area contributed by atoms with Crippen LogP contribution in [0.5, 0.6) is 0 Å². The first-order chi connectivity index (χ1) is 19.2. The number of anilines is 2. The van der Waals surface area contributed by atoms with Crippen LogP contribution in [0.1, 0.15) is 29.6 Å². The van der Waals surface area contributed by atoms with Gasteiger partial charge in [-0.05, 0) is 66.4 Å². The molecule has 0 aromatic heterocycles. The Balaban J connectivity index is 1.32. The maximum atomic E-state index is 13.4. The fourth-order valence-electron chi connectivity index (χ4n) is 5.27. The van der Waals surface area contributed by atoms with Gasteiger partial charge < -0.3 is 15.0 Å². The Morgan fingerprint density at radius 2 is 1.93 bits per heavy atom. The topological polar surface area (TPSA) is 140 Å². The third-order valence-electron chi connectivity index (χ3n) is 7.18. The lowest BCUT2D eigenvalue weighted by molar-refractivity contribution is -0.216. The van der Waals surface area contributed by atoms with Gasteiger partial charge in [-0.2, -0.15) is 4.31 Å². The van der Waals surface area contributed by atoms with Crippen LogP contribution in [-0.4, -0.2) is 72.9 Å². The Labute approximate surface area is 236 Å². The molecule has 5 rings (SSSR count). The molecule has 11 nitrogen and oxygen atoms in total. The van der Waals surface area contributed by atoms with E-state index in [-0.39, 0.29) is 27.9 Å². The third-order valence-corrected chi connectivity index (χ3v) is 9.70. The first-order valence-electron chi connectivity index (χ1n) is 12.8. The Kier molecular flexibility index (Phi) is 8.42. The van der Waals surface area contributed by atoms with Crippen molar-refractivity contribution in [3.8, 4) is 0 Å². The minimum Gasteiger partial charge on any atom is -0.385 e. The van der Waals surface area contributed by atoms with Crippen molar-refractivity contribution in [2.75, 3.05) is 43.6 Å². The van der Waals surface area contributed by atoms with E-state index in [1.165, 1.54) is 28.6 Å². The average Bonchev–Trinajstić information content (AvgIpc) is 3.22. The molecule has 2 aliphatic rings. The van der Waals surface area contributed by atoms with E-state index in [0.29, 0.717) is 67.1 Å². The summed E-state index contributed by atoms with van der Waals surface area (Å²) in [7, 11) is -2.23. The molecule has 2 heterocycles. The van der Waals surface area contributed by atoms with Gasteiger partial charge in [-0.3, -0.25) is 20.0 Å². The molecular formula is C27H30N4O7S2. The van der Waals surface area contributed by atoms with Gasteiger partial charge in [0.15, 0.2) is 0 Å². The first kappa shape index (κ1) is 28.5. The van der Waals surface area contributed by atoms with E-state index in [1.807, 2.05) is 12.1 Å². The highest BCUT2D eigenvalue weighted by Gasteiger charge is 2.34. The van der Waals surface area contributed by atoms with Crippen molar-refractivity contribution in [2.24, 2.45) is 5.92 Å². The summed E-state index contributed by atoms with van der Waals surface area (Å²) >= 11 is 0.626. The van der Waals surface area contributed by atoms with Gasteiger partial charge in [0.2, 0.25) is 15.9 Å². The number of nitrogens with one attached hydrogen (secondary N) is 1. The third kappa shape index (κ3) is 5.59. The fourth-order valence-corrected chi connectivity index (χ4v) is 7.24. The van der Waals surface area contributed by atoms with Gasteiger partial charge in [0.25, 0.3) is 5.91 Å². The number of sulfonamides is 1. The molecule has 0 spiro atoms. The maximum absolute atomic E-state index is 13.4. The molecule has 0 bridgehead atoms. The predicted octanol–water partition coefficient (Wildman–Crippen LogP) is 3.96. The van der Waals surface area contributed by atoms with Crippen LogP contribution in [0.15, 0.2) is 64.4 Å². The number of hydrogen-bond donors (Lipinski definition) is 3. The molecule has 212 valence electrons. The molecule has 2 amide bonds. The van der Waals surface area contributed by atoms with Crippen LogP contribution < -0.4 is 10.2 Å². The van der Waals surface area contributed by atoms with Crippen LogP contribution in [0.4, 0.5) is 11.4 Å². The van der Waals surface area contributed by atoms with Gasteiger partial charge in [-0.25, -0.2) is 8.42 Å². The summed E-state index contributed by atoms with van der Waals surface area (Å²) in [5.74, 6) is -0.907. The van der Waals surface area contributed by atoms with E-state index in [4.69, 9.17) is 15.2 Å². The summed E-state index contributed by atoms with van der Waals surface area (Å²) < 4.78 is 33.0. The number of piperidine rings is 1. The standard InChI is InChI=1S/C27H30N4O7S2/c1-38-16-4-15-30-24-13-12-23(21-6-2-7-22(25(21)24)27(30)33)28-26(32)18-5-3-14-29(17-18)40(36,37)20-10-8-19(9-11-20)39-31(34)35/h2,6-13,18,34-35H,3-5,14-17H2,1H3,(H,28,32). The van der Waals surface area contributed by atoms with E-state index >= 15 is 0 Å². The largest absolute Gasteiger partial charge is 0.385 e. The zero-order chi connectivity index (χ0) is 28.4. The van der Waals surface area contributed by atoms with E-state index < -0.39 is 15.9 Å². The van der Waals surface area contributed by atoms with Crippen LogP contribution >= 0.6 is 11.9 Å². The molecule has 0 saturated carbocycles. The first-order valence-corrected chi connectivity index (χ1v) is 15.1. The molecule has 0 aliphatic carbocycles. The van der Waals surface area contributed by atoms with E-state index in [9.17, 15) is 18.0 Å². The zero-order valence-corrected chi connectivity index (χ0v) is 23.5. The minimum atomic E-state index is -3.85. The van der Waals surface area contributed by atoms with E-state index in [1.54, 1.807) is 30.2 Å². The molecule has 3 aromatic carbocycles. The molecule has 40 heavy (non-hydrogen) atoms. The number of amides is 2. The second kappa shape index (κ2) is 11.8. The van der Waals surface area contributed by atoms with Crippen LogP contribution in [0.3, 0.4) is 0 Å². The van der Waals surface area contributed by atoms with Crippen molar-refractivity contribution >= 4 is 55.9 Å². The summed E-state index contributed by atoms with van der Waals surface area (Å²) in [5.41, 5.74) is 1.97. The normalized spacial score (nSPS) is 17.6. The molecule has 1 unspecified atom stereocenters. The number of carbonyl (C=O) groups is 2. The molecule has 3 aromatic rings. The number of ether oxygens (including phenoxy) is 1. The van der Waals surface area contributed by atoms with Crippen molar-refractivity contribution < 1.29 is 33.2 Å². The summed E-state index contributed by atoms with van der Waals surface area (Å²) in [5, 5.41) is 22.4. The number of benzene rings is 3. The lowest BCUT2D eigenvalue weighted by Crippen LogP contribution is -2.43. The van der Waals surface area contributed by atoms with Crippen molar-refractivity contribution in [3.05, 3.63) is 60.2 Å². The van der Waals surface area contributed by atoms with E-state index in [2.05, 4.69) is 5.32 Å². The van der Waals surface area contributed by atoms with Gasteiger partial charge in [-0.1, -0.05) is 12.1 Å². The zero-order valence-electron chi connectivity index (χ0n) is 21.8. The Morgan fingerprint density at radius 1 is 1.15 bits per heavy atom. The molecule has 3 N–H and O–H groups in total. The Morgan fingerprint density at radius 3 is 2.65 bits per heavy atom. The predicted molar refractivity (Wildman–Crippen MR) is 150 cm³/mol. The van der Waals surface area contributed by atoms with Crippen LogP contribution in [0.25, 0.3) is 10.8 Å². The van der Waals surface area contributed by atoms with Crippen molar-refractivity contribution in [1.82, 2.24) is 8.94 Å². The highest BCUT2D eigenvalue weighted by atomic mass is 32.2. The molecule has 1 fully saturated rings. The van der Waals surface area contributed by atoms with Crippen molar-refractivity contribution in [1.29, 1.82) is 0 Å². The van der Waals surface area contributed by atoms with Crippen molar-refractivity contribution in [2.45, 2.75) is 29.1 Å². The molecule has 13 heteroatoms. The van der Waals surface area contributed by atoms with Gasteiger partial charge in [0.05, 0.1) is 16.5 Å². The van der Waals surface area contributed by atoms with Crippen LogP contribution in [-0.2, 0) is 19.6 Å². The smallest absolute Gasteiger partial charge is 0.258 e. The number of methoxy groups -OCH3 is 1. The Bertz CT molecular complexity index is 1530. The monoisotopic (exact) mass is 586 g/mol. The number of hydrogen-bond acceptors (Lipinski definition) is 9.